The normalized spacial score (nSPS) is 22.0. The largest absolute Gasteiger partial charge is 0.354 e. The quantitative estimate of drug-likeness (QED) is 0.405. The Balaban J connectivity index is 0.00000242. The molecule has 1 aromatic rings. The van der Waals surface area contributed by atoms with Gasteiger partial charge >= 0.3 is 0 Å². The molecular formula is C15H27IN4S2. The molecule has 1 saturated carbocycles. The van der Waals surface area contributed by atoms with Crippen LogP contribution in [0.2, 0.25) is 0 Å². The van der Waals surface area contributed by atoms with Crippen LogP contribution in [0.1, 0.15) is 42.5 Å². The second-order valence-corrected chi connectivity index (χ2v) is 7.70. The monoisotopic (exact) mass is 454 g/mol. The molecule has 0 spiro atoms. The molecule has 2 rings (SSSR count). The van der Waals surface area contributed by atoms with Crippen molar-refractivity contribution < 1.29 is 0 Å². The molecule has 1 aliphatic rings. The van der Waals surface area contributed by atoms with Crippen LogP contribution < -0.4 is 10.6 Å². The van der Waals surface area contributed by atoms with Crippen LogP contribution in [-0.4, -0.2) is 35.5 Å². The molecule has 2 N–H and O–H groups in total. The fraction of sp³-hybridized carbons (Fsp3) is 0.733. The number of halogens is 1. The molecule has 2 atom stereocenters. The maximum Gasteiger partial charge on any atom is 0.191 e. The smallest absolute Gasteiger partial charge is 0.191 e. The van der Waals surface area contributed by atoms with Gasteiger partial charge in [0.1, 0.15) is 5.01 Å². The van der Waals surface area contributed by atoms with E-state index >= 15 is 0 Å². The molecule has 126 valence electrons. The number of nitrogens with one attached hydrogen (secondary N) is 2. The van der Waals surface area contributed by atoms with Crippen molar-refractivity contribution >= 4 is 53.0 Å². The topological polar surface area (TPSA) is 49.3 Å². The SMILES string of the molecule is CCc1cnc(CNC(=NC)NC2CCCC(SC)C2)s1.I. The summed E-state index contributed by atoms with van der Waals surface area (Å²) in [5, 5.41) is 8.86. The van der Waals surface area contributed by atoms with Crippen molar-refractivity contribution in [2.45, 2.75) is 56.9 Å². The second kappa shape index (κ2) is 10.7. The zero-order valence-electron chi connectivity index (χ0n) is 13.6. The lowest BCUT2D eigenvalue weighted by atomic mass is 9.95. The molecule has 0 saturated heterocycles. The van der Waals surface area contributed by atoms with Crippen molar-refractivity contribution in [2.75, 3.05) is 13.3 Å². The highest BCUT2D eigenvalue weighted by molar-refractivity contribution is 14.0. The fourth-order valence-corrected chi connectivity index (χ4v) is 4.26. The summed E-state index contributed by atoms with van der Waals surface area (Å²) in [5.41, 5.74) is 0. The van der Waals surface area contributed by atoms with Gasteiger partial charge in [0.2, 0.25) is 0 Å². The number of guanidine groups is 1. The van der Waals surface area contributed by atoms with Crippen molar-refractivity contribution in [2.24, 2.45) is 4.99 Å². The maximum absolute atomic E-state index is 4.44. The molecule has 1 fully saturated rings. The number of aryl methyl sites for hydroxylation is 1. The Morgan fingerprint density at radius 2 is 2.32 bits per heavy atom. The first-order chi connectivity index (χ1) is 10.2. The van der Waals surface area contributed by atoms with E-state index < -0.39 is 0 Å². The van der Waals surface area contributed by atoms with Gasteiger partial charge in [-0.15, -0.1) is 35.3 Å². The van der Waals surface area contributed by atoms with E-state index in [1.807, 2.05) is 25.0 Å². The standard InChI is InChI=1S/C15H26N4S2.HI/c1-4-12-9-17-14(21-12)10-18-15(16-2)19-11-6-5-7-13(8-11)20-3;/h9,11,13H,4-8,10H2,1-3H3,(H2,16,18,19);1H. The minimum Gasteiger partial charge on any atom is -0.354 e. The Morgan fingerprint density at radius 1 is 1.50 bits per heavy atom. The van der Waals surface area contributed by atoms with Crippen molar-refractivity contribution in [1.29, 1.82) is 0 Å². The van der Waals surface area contributed by atoms with E-state index in [0.29, 0.717) is 6.04 Å². The number of aliphatic imine (C=N–C) groups is 1. The second-order valence-electron chi connectivity index (χ2n) is 5.37. The number of aromatic nitrogens is 1. The Labute approximate surface area is 159 Å². The van der Waals surface area contributed by atoms with Crippen LogP contribution in [0.25, 0.3) is 0 Å². The van der Waals surface area contributed by atoms with Crippen LogP contribution in [0.15, 0.2) is 11.2 Å². The van der Waals surface area contributed by atoms with Crippen molar-refractivity contribution in [3.63, 3.8) is 0 Å². The Hall–Kier alpha value is -0.0200. The zero-order valence-corrected chi connectivity index (χ0v) is 17.6. The summed E-state index contributed by atoms with van der Waals surface area (Å²) in [6, 6.07) is 0.546. The number of thioether (sulfide) groups is 1. The van der Waals surface area contributed by atoms with E-state index in [1.54, 1.807) is 11.3 Å². The lowest BCUT2D eigenvalue weighted by Gasteiger charge is -2.29. The van der Waals surface area contributed by atoms with Gasteiger partial charge in [-0.25, -0.2) is 4.98 Å². The van der Waals surface area contributed by atoms with Crippen molar-refractivity contribution in [1.82, 2.24) is 15.6 Å². The highest BCUT2D eigenvalue weighted by Crippen LogP contribution is 2.26. The number of hydrogen-bond acceptors (Lipinski definition) is 4. The highest BCUT2D eigenvalue weighted by atomic mass is 127. The number of thiazole rings is 1. The van der Waals surface area contributed by atoms with Crippen molar-refractivity contribution in [3.8, 4) is 0 Å². The summed E-state index contributed by atoms with van der Waals surface area (Å²) in [6.45, 7) is 2.92. The zero-order chi connectivity index (χ0) is 15.1. The summed E-state index contributed by atoms with van der Waals surface area (Å²) in [7, 11) is 1.84. The first kappa shape index (κ1) is 20.0. The summed E-state index contributed by atoms with van der Waals surface area (Å²) in [4.78, 5) is 10.1. The predicted octanol–water partition coefficient (Wildman–Crippen LogP) is 3.66. The van der Waals surface area contributed by atoms with Crippen LogP contribution in [0.3, 0.4) is 0 Å². The van der Waals surface area contributed by atoms with Crippen LogP contribution >= 0.6 is 47.1 Å². The maximum atomic E-state index is 4.44. The molecule has 7 heteroatoms. The third-order valence-electron chi connectivity index (χ3n) is 3.88. The first-order valence-corrected chi connectivity index (χ1v) is 9.79. The summed E-state index contributed by atoms with van der Waals surface area (Å²) < 4.78 is 0. The van der Waals surface area contributed by atoms with E-state index in [-0.39, 0.29) is 24.0 Å². The molecule has 4 nitrogen and oxygen atoms in total. The Kier molecular flexibility index (Phi) is 9.74. The fourth-order valence-electron chi connectivity index (χ4n) is 2.63. The number of nitrogens with zero attached hydrogens (tertiary/aromatic N) is 2. The average molecular weight is 454 g/mol. The van der Waals surface area contributed by atoms with E-state index in [4.69, 9.17) is 0 Å². The van der Waals surface area contributed by atoms with Crippen molar-refractivity contribution in [3.05, 3.63) is 16.1 Å². The first-order valence-electron chi connectivity index (χ1n) is 7.68. The summed E-state index contributed by atoms with van der Waals surface area (Å²) >= 11 is 3.77. The minimum atomic E-state index is 0. The molecule has 1 aromatic heterocycles. The van der Waals surface area contributed by atoms with Crippen LogP contribution in [-0.2, 0) is 13.0 Å². The predicted molar refractivity (Wildman–Crippen MR) is 110 cm³/mol. The summed E-state index contributed by atoms with van der Waals surface area (Å²) in [5.74, 6) is 0.898. The average Bonchev–Trinajstić information content (AvgIpc) is 2.99. The molecule has 0 radical (unpaired) electrons. The van der Waals surface area contributed by atoms with Gasteiger partial charge in [-0.1, -0.05) is 13.3 Å². The molecule has 1 aliphatic carbocycles. The molecule has 22 heavy (non-hydrogen) atoms. The van der Waals surface area contributed by atoms with E-state index in [0.717, 1.165) is 29.2 Å². The van der Waals surface area contributed by atoms with Crippen LogP contribution in [0.5, 0.6) is 0 Å². The Morgan fingerprint density at radius 3 is 2.95 bits per heavy atom. The van der Waals surface area contributed by atoms with Gasteiger partial charge in [0, 0.05) is 29.4 Å². The molecule has 0 amide bonds. The van der Waals surface area contributed by atoms with Gasteiger partial charge in [-0.3, -0.25) is 4.99 Å². The Bertz CT molecular complexity index is 464. The van der Waals surface area contributed by atoms with Crippen LogP contribution in [0.4, 0.5) is 0 Å². The number of hydrogen-bond donors (Lipinski definition) is 2. The van der Waals surface area contributed by atoms with Gasteiger partial charge in [0.15, 0.2) is 5.96 Å². The third kappa shape index (κ3) is 6.23. The van der Waals surface area contributed by atoms with Crippen LogP contribution in [0, 0.1) is 0 Å². The molecule has 0 bridgehead atoms. The molecule has 0 aliphatic heterocycles. The molecular weight excluding hydrogens is 427 g/mol. The minimum absolute atomic E-state index is 0. The van der Waals surface area contributed by atoms with E-state index in [1.165, 1.54) is 30.6 Å². The number of rotatable bonds is 5. The van der Waals surface area contributed by atoms with Gasteiger partial charge in [-0.05, 0) is 31.9 Å². The highest BCUT2D eigenvalue weighted by Gasteiger charge is 2.21. The lowest BCUT2D eigenvalue weighted by Crippen LogP contribution is -2.45. The van der Waals surface area contributed by atoms with E-state index in [2.05, 4.69) is 33.8 Å². The van der Waals surface area contributed by atoms with Gasteiger partial charge < -0.3 is 10.6 Å². The van der Waals surface area contributed by atoms with E-state index in [9.17, 15) is 0 Å². The van der Waals surface area contributed by atoms with Gasteiger partial charge in [0.25, 0.3) is 0 Å². The molecule has 1 heterocycles. The van der Waals surface area contributed by atoms with Gasteiger partial charge in [-0.2, -0.15) is 11.8 Å². The molecule has 0 aromatic carbocycles. The van der Waals surface area contributed by atoms with Gasteiger partial charge in [0.05, 0.1) is 6.54 Å². The summed E-state index contributed by atoms with van der Waals surface area (Å²) in [6.07, 6.45) is 10.4. The third-order valence-corrected chi connectivity index (χ3v) is 6.12. The lowest BCUT2D eigenvalue weighted by molar-refractivity contribution is 0.419. The molecule has 2 unspecified atom stereocenters.